The smallest absolute Gasteiger partial charge is 0.258 e. The van der Waals surface area contributed by atoms with Crippen LogP contribution < -0.4 is 0 Å². The number of benzene rings is 1. The highest BCUT2D eigenvalue weighted by Crippen LogP contribution is 2.37. The Morgan fingerprint density at radius 3 is 2.27 bits per heavy atom. The van der Waals surface area contributed by atoms with Crippen LogP contribution in [0, 0.1) is 17.7 Å². The molecule has 0 radical (unpaired) electrons. The van der Waals surface area contributed by atoms with Crippen LogP contribution in [-0.4, -0.2) is 40.0 Å². The second-order valence-electron chi connectivity index (χ2n) is 5.33. The average molecular weight is 302 g/mol. The molecule has 2 saturated heterocycles. The highest BCUT2D eigenvalue weighted by Gasteiger charge is 2.49. The highest BCUT2D eigenvalue weighted by atomic mass is 19.1. The van der Waals surface area contributed by atoms with E-state index in [1.807, 2.05) is 0 Å². The number of halogens is 1. The van der Waals surface area contributed by atoms with Gasteiger partial charge in [-0.2, -0.15) is 0 Å². The van der Waals surface area contributed by atoms with E-state index >= 15 is 0 Å². The van der Waals surface area contributed by atoms with Gasteiger partial charge in [-0.3, -0.25) is 19.6 Å². The third kappa shape index (κ3) is 2.10. The van der Waals surface area contributed by atoms with E-state index in [1.165, 1.54) is 16.1 Å². The number of rotatable bonds is 1. The van der Waals surface area contributed by atoms with E-state index in [0.717, 1.165) is 18.9 Å². The van der Waals surface area contributed by atoms with Gasteiger partial charge in [0, 0.05) is 18.7 Å². The van der Waals surface area contributed by atoms with Crippen LogP contribution in [0.3, 0.4) is 0 Å². The van der Waals surface area contributed by atoms with Crippen molar-refractivity contribution in [3.8, 4) is 17.6 Å². The molecule has 114 valence electrons. The maximum atomic E-state index is 14.3. The van der Waals surface area contributed by atoms with Gasteiger partial charge in [0.1, 0.15) is 11.6 Å². The topological polar surface area (TPSA) is 60.9 Å². The Balaban J connectivity index is 2.05. The normalized spacial score (nSPS) is 18.3. The summed E-state index contributed by atoms with van der Waals surface area (Å²) in [6.45, 7) is 2.49. The van der Waals surface area contributed by atoms with Crippen LogP contribution >= 0.6 is 0 Å². The molecule has 2 aliphatic rings. The Morgan fingerprint density at radius 1 is 1.18 bits per heavy atom. The van der Waals surface area contributed by atoms with Gasteiger partial charge in [0.15, 0.2) is 5.92 Å². The minimum atomic E-state index is -1.30. The van der Waals surface area contributed by atoms with Gasteiger partial charge < -0.3 is 5.11 Å². The Bertz CT molecular complexity index is 673. The van der Waals surface area contributed by atoms with Gasteiger partial charge in [-0.1, -0.05) is 5.92 Å². The molecule has 2 aliphatic heterocycles. The molecule has 2 heterocycles. The summed E-state index contributed by atoms with van der Waals surface area (Å²) in [5.74, 6) is 1.79. The van der Waals surface area contributed by atoms with E-state index in [-0.39, 0.29) is 5.56 Å². The number of aromatic hydroxyl groups is 1. The lowest BCUT2D eigenvalue weighted by Crippen LogP contribution is -2.45. The number of amides is 2. The molecule has 1 aromatic rings. The molecule has 2 amide bonds. The Kier molecular flexibility index (Phi) is 3.49. The van der Waals surface area contributed by atoms with Crippen molar-refractivity contribution in [3.63, 3.8) is 0 Å². The largest absolute Gasteiger partial charge is 0.507 e. The van der Waals surface area contributed by atoms with Crippen molar-refractivity contribution in [2.75, 3.05) is 13.1 Å². The van der Waals surface area contributed by atoms with Crippen LogP contribution in [-0.2, 0) is 9.59 Å². The number of carbonyl (C=O) groups excluding carboxylic acids is 2. The minimum absolute atomic E-state index is 0.258. The molecule has 0 saturated carbocycles. The minimum Gasteiger partial charge on any atom is -0.507 e. The molecule has 0 aromatic heterocycles. The quantitative estimate of drug-likeness (QED) is 0.629. The van der Waals surface area contributed by atoms with Crippen molar-refractivity contribution < 1.29 is 19.1 Å². The van der Waals surface area contributed by atoms with Crippen molar-refractivity contribution >= 4 is 11.8 Å². The fraction of sp³-hybridized carbons (Fsp3) is 0.375. The van der Waals surface area contributed by atoms with Crippen molar-refractivity contribution in [2.24, 2.45) is 0 Å². The third-order valence-corrected chi connectivity index (χ3v) is 3.95. The predicted octanol–water partition coefficient (Wildman–Crippen LogP) is 1.37. The molecule has 0 unspecified atom stereocenters. The van der Waals surface area contributed by atoms with Crippen molar-refractivity contribution in [3.05, 3.63) is 29.1 Å². The number of phenols is 1. The summed E-state index contributed by atoms with van der Waals surface area (Å²) in [6, 6.07) is 2.42. The van der Waals surface area contributed by atoms with Gasteiger partial charge in [-0.25, -0.2) is 4.39 Å². The molecule has 22 heavy (non-hydrogen) atoms. The monoisotopic (exact) mass is 302 g/mol. The number of nitrogens with zero attached hydrogens (tertiary/aromatic N) is 2. The van der Waals surface area contributed by atoms with Gasteiger partial charge in [-0.05, 0) is 31.9 Å². The van der Waals surface area contributed by atoms with E-state index in [2.05, 4.69) is 11.8 Å². The van der Waals surface area contributed by atoms with Gasteiger partial charge in [0.25, 0.3) is 11.8 Å². The lowest BCUT2D eigenvalue weighted by atomic mass is 9.95. The summed E-state index contributed by atoms with van der Waals surface area (Å²) in [6.07, 6.45) is 1.61. The number of fused-ring (bicyclic) bond motifs is 1. The fourth-order valence-electron chi connectivity index (χ4n) is 2.98. The molecule has 0 spiro atoms. The lowest BCUT2D eigenvalue weighted by molar-refractivity contribution is -0.150. The highest BCUT2D eigenvalue weighted by molar-refractivity contribution is 6.10. The molecular weight excluding hydrogens is 287 g/mol. The Labute approximate surface area is 127 Å². The molecule has 2 fully saturated rings. The second kappa shape index (κ2) is 5.34. The second-order valence-corrected chi connectivity index (χ2v) is 5.33. The van der Waals surface area contributed by atoms with Crippen LogP contribution in [0.25, 0.3) is 0 Å². The van der Waals surface area contributed by atoms with E-state index < -0.39 is 29.3 Å². The molecule has 1 N–H and O–H groups in total. The van der Waals surface area contributed by atoms with Gasteiger partial charge in [0.05, 0.1) is 5.56 Å². The standard InChI is InChI=1S/C16H15FN2O3/c1-2-5-10-8-11(17)13(12(20)9-10)14-15(21)18-6-3-4-7-19(18)16(14)22/h8-9,14,20H,3-4,6-7H2,1H3. The van der Waals surface area contributed by atoms with E-state index in [0.29, 0.717) is 18.7 Å². The SMILES string of the molecule is CC#Cc1cc(O)c(C2C(=O)N3CCCCN3C2=O)c(F)c1. The van der Waals surface area contributed by atoms with Crippen LogP contribution in [0.5, 0.6) is 5.75 Å². The number of hydrazine groups is 1. The number of hydrogen-bond donors (Lipinski definition) is 1. The Morgan fingerprint density at radius 2 is 1.77 bits per heavy atom. The van der Waals surface area contributed by atoms with Crippen molar-refractivity contribution in [1.29, 1.82) is 0 Å². The Hall–Kier alpha value is -2.55. The van der Waals surface area contributed by atoms with E-state index in [9.17, 15) is 19.1 Å². The summed E-state index contributed by atoms with van der Waals surface area (Å²) in [7, 11) is 0. The number of carbonyl (C=O) groups is 2. The third-order valence-electron chi connectivity index (χ3n) is 3.95. The zero-order valence-corrected chi connectivity index (χ0v) is 12.1. The fourth-order valence-corrected chi connectivity index (χ4v) is 2.98. The van der Waals surface area contributed by atoms with Crippen molar-refractivity contribution in [1.82, 2.24) is 10.0 Å². The first-order valence-corrected chi connectivity index (χ1v) is 7.12. The summed E-state index contributed by atoms with van der Waals surface area (Å²) in [5.41, 5.74) is 0.0447. The molecule has 5 nitrogen and oxygen atoms in total. The zero-order valence-electron chi connectivity index (χ0n) is 12.1. The number of hydrogen-bond acceptors (Lipinski definition) is 3. The van der Waals surface area contributed by atoms with Crippen LogP contribution in [0.2, 0.25) is 0 Å². The predicted molar refractivity (Wildman–Crippen MR) is 76.0 cm³/mol. The van der Waals surface area contributed by atoms with Crippen LogP contribution in [0.15, 0.2) is 12.1 Å². The van der Waals surface area contributed by atoms with Gasteiger partial charge in [0.2, 0.25) is 0 Å². The maximum Gasteiger partial charge on any atom is 0.258 e. The van der Waals surface area contributed by atoms with Crippen LogP contribution in [0.1, 0.15) is 36.8 Å². The molecular formula is C16H15FN2O3. The van der Waals surface area contributed by atoms with E-state index in [1.54, 1.807) is 6.92 Å². The lowest BCUT2D eigenvalue weighted by Gasteiger charge is -2.31. The van der Waals surface area contributed by atoms with E-state index in [4.69, 9.17) is 0 Å². The molecule has 0 atom stereocenters. The molecule has 6 heteroatoms. The van der Waals surface area contributed by atoms with Gasteiger partial charge >= 0.3 is 0 Å². The van der Waals surface area contributed by atoms with Crippen molar-refractivity contribution in [2.45, 2.75) is 25.7 Å². The summed E-state index contributed by atoms with van der Waals surface area (Å²) >= 11 is 0. The summed E-state index contributed by atoms with van der Waals surface area (Å²) in [5, 5.41) is 12.8. The molecule has 3 rings (SSSR count). The first-order valence-electron chi connectivity index (χ1n) is 7.12. The molecule has 0 bridgehead atoms. The van der Waals surface area contributed by atoms with Gasteiger partial charge in [-0.15, -0.1) is 5.92 Å². The van der Waals surface area contributed by atoms with Crippen LogP contribution in [0.4, 0.5) is 4.39 Å². The summed E-state index contributed by atoms with van der Waals surface area (Å²) in [4.78, 5) is 24.8. The number of phenolic OH excluding ortho intramolecular Hbond substituents is 1. The first-order chi connectivity index (χ1) is 10.5. The zero-order chi connectivity index (χ0) is 15.9. The molecule has 0 aliphatic carbocycles. The first kappa shape index (κ1) is 14.4. The molecule has 1 aromatic carbocycles. The average Bonchev–Trinajstić information content (AvgIpc) is 2.73. The summed E-state index contributed by atoms with van der Waals surface area (Å²) < 4.78 is 14.3. The maximum absolute atomic E-state index is 14.3.